The Labute approximate surface area is 155 Å². The van der Waals surface area contributed by atoms with Crippen LogP contribution in [0.3, 0.4) is 0 Å². The van der Waals surface area contributed by atoms with E-state index in [2.05, 4.69) is 20.6 Å². The smallest absolute Gasteiger partial charge is 0.274 e. The fourth-order valence-corrected chi connectivity index (χ4v) is 2.60. The van der Waals surface area contributed by atoms with Gasteiger partial charge in [0.2, 0.25) is 0 Å². The first-order valence-corrected chi connectivity index (χ1v) is 8.36. The van der Waals surface area contributed by atoms with Crippen molar-refractivity contribution >= 4 is 17.4 Å². The Bertz CT molecular complexity index is 943. The molecule has 1 heterocycles. The van der Waals surface area contributed by atoms with Crippen molar-refractivity contribution in [2.45, 2.75) is 19.9 Å². The molecule has 1 aromatic heterocycles. The van der Waals surface area contributed by atoms with E-state index in [0.717, 1.165) is 17.7 Å². The summed E-state index contributed by atoms with van der Waals surface area (Å²) in [5.74, 6) is -1.63. The molecular weight excluding hydrogens is 350 g/mol. The number of nitrogens with one attached hydrogen (secondary N) is 2. The number of amides is 1. The van der Waals surface area contributed by atoms with Crippen LogP contribution in [0.1, 0.15) is 34.8 Å². The third-order valence-corrected chi connectivity index (χ3v) is 3.94. The zero-order chi connectivity index (χ0) is 19.4. The summed E-state index contributed by atoms with van der Waals surface area (Å²) >= 11 is 0. The van der Waals surface area contributed by atoms with Crippen molar-refractivity contribution in [2.24, 2.45) is 0 Å². The standard InChI is InChI=1S/C20H18F2N4O/c1-12(14-7-4-3-5-8-14)23-18-11-17(24-13(2)25-18)20(27)26-19-15(21)9-6-10-16(19)22/h3-12H,1-2H3,(H,26,27)(H,23,24,25). The average Bonchev–Trinajstić information content (AvgIpc) is 2.65. The first-order chi connectivity index (χ1) is 12.9. The molecule has 0 saturated heterocycles. The molecule has 3 aromatic rings. The quantitative estimate of drug-likeness (QED) is 0.696. The van der Waals surface area contributed by atoms with Crippen molar-refractivity contribution in [3.63, 3.8) is 0 Å². The second-order valence-corrected chi connectivity index (χ2v) is 6.01. The number of aromatic nitrogens is 2. The lowest BCUT2D eigenvalue weighted by Gasteiger charge is -2.16. The highest BCUT2D eigenvalue weighted by atomic mass is 19.1. The number of para-hydroxylation sites is 1. The molecule has 7 heteroatoms. The van der Waals surface area contributed by atoms with E-state index < -0.39 is 23.2 Å². The maximum Gasteiger partial charge on any atom is 0.274 e. The van der Waals surface area contributed by atoms with Gasteiger partial charge in [-0.25, -0.2) is 18.7 Å². The Morgan fingerprint density at radius 3 is 2.33 bits per heavy atom. The van der Waals surface area contributed by atoms with Gasteiger partial charge in [-0.15, -0.1) is 0 Å². The number of carbonyl (C=O) groups is 1. The number of hydrogen-bond acceptors (Lipinski definition) is 4. The van der Waals surface area contributed by atoms with Gasteiger partial charge < -0.3 is 10.6 Å². The number of halogens is 2. The van der Waals surface area contributed by atoms with Gasteiger partial charge in [-0.3, -0.25) is 4.79 Å². The van der Waals surface area contributed by atoms with Crippen molar-refractivity contribution < 1.29 is 13.6 Å². The van der Waals surface area contributed by atoms with E-state index >= 15 is 0 Å². The lowest BCUT2D eigenvalue weighted by Crippen LogP contribution is -2.18. The number of rotatable bonds is 5. The molecule has 1 amide bonds. The largest absolute Gasteiger partial charge is 0.363 e. The molecule has 0 saturated carbocycles. The predicted molar refractivity (Wildman–Crippen MR) is 99.6 cm³/mol. The number of carbonyl (C=O) groups excluding carboxylic acids is 1. The SMILES string of the molecule is Cc1nc(NC(C)c2ccccc2)cc(C(=O)Nc2c(F)cccc2F)n1. The highest BCUT2D eigenvalue weighted by Gasteiger charge is 2.16. The van der Waals surface area contributed by atoms with Crippen LogP contribution in [-0.2, 0) is 0 Å². The van der Waals surface area contributed by atoms with Crippen LogP contribution in [0, 0.1) is 18.6 Å². The van der Waals surface area contributed by atoms with Crippen LogP contribution < -0.4 is 10.6 Å². The minimum absolute atomic E-state index is 0.00733. The Balaban J connectivity index is 1.81. The van der Waals surface area contributed by atoms with E-state index in [9.17, 15) is 13.6 Å². The van der Waals surface area contributed by atoms with Crippen LogP contribution in [0.4, 0.5) is 20.3 Å². The summed E-state index contributed by atoms with van der Waals surface area (Å²) in [4.78, 5) is 20.8. The van der Waals surface area contributed by atoms with E-state index in [1.165, 1.54) is 12.1 Å². The summed E-state index contributed by atoms with van der Waals surface area (Å²) in [6.45, 7) is 3.60. The maximum atomic E-state index is 13.7. The van der Waals surface area contributed by atoms with Gasteiger partial charge >= 0.3 is 0 Å². The highest BCUT2D eigenvalue weighted by Crippen LogP contribution is 2.21. The van der Waals surface area contributed by atoms with Crippen LogP contribution in [0.25, 0.3) is 0 Å². The topological polar surface area (TPSA) is 66.9 Å². The maximum absolute atomic E-state index is 13.7. The highest BCUT2D eigenvalue weighted by molar-refractivity contribution is 6.03. The zero-order valence-electron chi connectivity index (χ0n) is 14.8. The Morgan fingerprint density at radius 2 is 1.67 bits per heavy atom. The lowest BCUT2D eigenvalue weighted by atomic mass is 10.1. The summed E-state index contributed by atoms with van der Waals surface area (Å²) in [6.07, 6.45) is 0. The van der Waals surface area contributed by atoms with Gasteiger partial charge in [-0.2, -0.15) is 0 Å². The molecule has 2 aromatic carbocycles. The molecule has 5 nitrogen and oxygen atoms in total. The molecule has 0 aliphatic rings. The van der Waals surface area contributed by atoms with E-state index in [1.807, 2.05) is 37.3 Å². The third kappa shape index (κ3) is 4.44. The molecule has 0 fully saturated rings. The minimum atomic E-state index is -0.856. The molecule has 138 valence electrons. The molecule has 0 bridgehead atoms. The minimum Gasteiger partial charge on any atom is -0.363 e. The van der Waals surface area contributed by atoms with Gasteiger partial charge in [0.1, 0.15) is 34.7 Å². The number of benzene rings is 2. The zero-order valence-corrected chi connectivity index (χ0v) is 14.8. The first-order valence-electron chi connectivity index (χ1n) is 8.36. The fraction of sp³-hybridized carbons (Fsp3) is 0.150. The van der Waals surface area contributed by atoms with Crippen LogP contribution in [0.15, 0.2) is 54.6 Å². The van der Waals surface area contributed by atoms with Gasteiger partial charge in [0, 0.05) is 12.1 Å². The molecule has 0 aliphatic carbocycles. The number of aryl methyl sites for hydroxylation is 1. The van der Waals surface area contributed by atoms with Crippen molar-refractivity contribution in [1.29, 1.82) is 0 Å². The average molecular weight is 368 g/mol. The Hall–Kier alpha value is -3.35. The van der Waals surface area contributed by atoms with E-state index in [4.69, 9.17) is 0 Å². The van der Waals surface area contributed by atoms with Crippen LogP contribution >= 0.6 is 0 Å². The summed E-state index contributed by atoms with van der Waals surface area (Å²) in [6, 6.07) is 14.5. The second kappa shape index (κ2) is 7.90. The van der Waals surface area contributed by atoms with Gasteiger partial charge in [0.05, 0.1) is 0 Å². The van der Waals surface area contributed by atoms with Crippen molar-refractivity contribution in [3.05, 3.63) is 83.3 Å². The summed E-state index contributed by atoms with van der Waals surface area (Å²) < 4.78 is 27.5. The van der Waals surface area contributed by atoms with Crippen LogP contribution in [0.5, 0.6) is 0 Å². The van der Waals surface area contributed by atoms with Crippen molar-refractivity contribution in [3.8, 4) is 0 Å². The summed E-state index contributed by atoms with van der Waals surface area (Å²) in [5, 5.41) is 5.43. The molecule has 3 rings (SSSR count). The summed E-state index contributed by atoms with van der Waals surface area (Å²) in [7, 11) is 0. The molecule has 0 aliphatic heterocycles. The van der Waals surface area contributed by atoms with Crippen molar-refractivity contribution in [2.75, 3.05) is 10.6 Å². The van der Waals surface area contributed by atoms with Gasteiger partial charge in [-0.1, -0.05) is 36.4 Å². The van der Waals surface area contributed by atoms with Gasteiger partial charge in [0.15, 0.2) is 0 Å². The molecule has 1 atom stereocenters. The van der Waals surface area contributed by atoms with Gasteiger partial charge in [0.25, 0.3) is 5.91 Å². The van der Waals surface area contributed by atoms with E-state index in [0.29, 0.717) is 11.6 Å². The van der Waals surface area contributed by atoms with E-state index in [-0.39, 0.29) is 11.7 Å². The second-order valence-electron chi connectivity index (χ2n) is 6.01. The Kier molecular flexibility index (Phi) is 5.40. The molecule has 1 unspecified atom stereocenters. The molecular formula is C20H18F2N4O. The number of anilines is 2. The molecule has 27 heavy (non-hydrogen) atoms. The predicted octanol–water partition coefficient (Wildman–Crippen LogP) is 4.49. The third-order valence-electron chi connectivity index (χ3n) is 3.94. The first kappa shape index (κ1) is 18.4. The van der Waals surface area contributed by atoms with Gasteiger partial charge in [-0.05, 0) is 31.5 Å². The molecule has 2 N–H and O–H groups in total. The normalized spacial score (nSPS) is 11.7. The Morgan fingerprint density at radius 1 is 1.00 bits per heavy atom. The molecule has 0 spiro atoms. The molecule has 0 radical (unpaired) electrons. The van der Waals surface area contributed by atoms with Crippen LogP contribution in [-0.4, -0.2) is 15.9 Å². The summed E-state index contributed by atoms with van der Waals surface area (Å²) in [5.41, 5.74) is 0.548. The fourth-order valence-electron chi connectivity index (χ4n) is 2.60. The number of nitrogens with zero attached hydrogens (tertiary/aromatic N) is 2. The lowest BCUT2D eigenvalue weighted by molar-refractivity contribution is 0.102. The van der Waals surface area contributed by atoms with E-state index in [1.54, 1.807) is 6.92 Å². The van der Waals surface area contributed by atoms with Crippen LogP contribution in [0.2, 0.25) is 0 Å². The van der Waals surface area contributed by atoms with Crippen molar-refractivity contribution in [1.82, 2.24) is 9.97 Å². The monoisotopic (exact) mass is 368 g/mol. The number of hydrogen-bond donors (Lipinski definition) is 2.